The number of nitrogens with one attached hydrogen (secondary N) is 1. The lowest BCUT2D eigenvalue weighted by atomic mass is 9.82. The van der Waals surface area contributed by atoms with Gasteiger partial charge in [0.2, 0.25) is 0 Å². The number of carbonyl (C=O) groups is 2. The summed E-state index contributed by atoms with van der Waals surface area (Å²) >= 11 is 1.59. The number of rotatable bonds is 5. The third-order valence-corrected chi connectivity index (χ3v) is 8.34. The van der Waals surface area contributed by atoms with Crippen molar-refractivity contribution in [2.75, 3.05) is 13.1 Å². The maximum absolute atomic E-state index is 12.9. The van der Waals surface area contributed by atoms with Crippen LogP contribution in [0.25, 0.3) is 0 Å². The molecule has 1 saturated heterocycles. The van der Waals surface area contributed by atoms with E-state index in [1.54, 1.807) is 29.8 Å². The van der Waals surface area contributed by atoms with Crippen LogP contribution in [0, 0.1) is 5.92 Å². The molecule has 3 aliphatic rings. The number of hydrogen-bond donors (Lipinski definition) is 1. The van der Waals surface area contributed by atoms with Crippen LogP contribution in [0.3, 0.4) is 0 Å². The Labute approximate surface area is 187 Å². The Morgan fingerprint density at radius 3 is 2.55 bits per heavy atom. The van der Waals surface area contributed by atoms with Crippen molar-refractivity contribution in [3.8, 4) is 0 Å². The third-order valence-electron chi connectivity index (χ3n) is 7.33. The van der Waals surface area contributed by atoms with Crippen LogP contribution in [0.2, 0.25) is 0 Å². The van der Waals surface area contributed by atoms with Crippen LogP contribution in [0.4, 0.5) is 0 Å². The lowest BCUT2D eigenvalue weighted by Gasteiger charge is -2.31. The van der Waals surface area contributed by atoms with Crippen molar-refractivity contribution in [2.45, 2.75) is 69.2 Å². The Morgan fingerprint density at radius 2 is 1.87 bits per heavy atom. The first-order valence-corrected chi connectivity index (χ1v) is 12.5. The molecule has 2 aliphatic carbocycles. The maximum atomic E-state index is 12.9. The molecule has 7 heteroatoms. The first-order chi connectivity index (χ1) is 15.1. The van der Waals surface area contributed by atoms with E-state index in [4.69, 9.17) is 4.98 Å². The predicted molar refractivity (Wildman–Crippen MR) is 120 cm³/mol. The second-order valence-electron chi connectivity index (χ2n) is 9.32. The van der Waals surface area contributed by atoms with Crippen LogP contribution in [-0.2, 0) is 0 Å². The summed E-state index contributed by atoms with van der Waals surface area (Å²) in [5.41, 5.74) is 1.25. The molecule has 6 nitrogen and oxygen atoms in total. The zero-order chi connectivity index (χ0) is 21.3. The Kier molecular flexibility index (Phi) is 5.78. The lowest BCUT2D eigenvalue weighted by Crippen LogP contribution is -2.43. The lowest BCUT2D eigenvalue weighted by molar-refractivity contribution is 0.0712. The van der Waals surface area contributed by atoms with Crippen molar-refractivity contribution in [1.29, 1.82) is 0 Å². The average molecular weight is 439 g/mol. The van der Waals surface area contributed by atoms with Crippen LogP contribution in [0.5, 0.6) is 0 Å². The molecule has 2 saturated carbocycles. The number of hydrogen-bond acceptors (Lipinski definition) is 5. The van der Waals surface area contributed by atoms with Gasteiger partial charge < -0.3 is 10.2 Å². The molecule has 5 rings (SSSR count). The predicted octanol–water partition coefficient (Wildman–Crippen LogP) is 4.40. The molecule has 2 aromatic heterocycles. The zero-order valence-electron chi connectivity index (χ0n) is 17.9. The van der Waals surface area contributed by atoms with Gasteiger partial charge in [-0.2, -0.15) is 0 Å². The average Bonchev–Trinajstić information content (AvgIpc) is 3.44. The van der Waals surface area contributed by atoms with Gasteiger partial charge in [-0.15, -0.1) is 11.3 Å². The van der Waals surface area contributed by atoms with Gasteiger partial charge in [0.1, 0.15) is 5.69 Å². The Balaban J connectivity index is 1.17. The van der Waals surface area contributed by atoms with Gasteiger partial charge in [-0.3, -0.25) is 14.6 Å². The van der Waals surface area contributed by atoms with Crippen molar-refractivity contribution in [3.63, 3.8) is 0 Å². The molecule has 0 spiro atoms. The van der Waals surface area contributed by atoms with Crippen LogP contribution >= 0.6 is 11.3 Å². The van der Waals surface area contributed by atoms with Gasteiger partial charge in [0.15, 0.2) is 0 Å². The molecule has 2 aromatic rings. The van der Waals surface area contributed by atoms with E-state index in [9.17, 15) is 9.59 Å². The van der Waals surface area contributed by atoms with Crippen molar-refractivity contribution in [1.82, 2.24) is 20.2 Å². The van der Waals surface area contributed by atoms with E-state index in [1.165, 1.54) is 32.1 Å². The maximum Gasteiger partial charge on any atom is 0.271 e. The van der Waals surface area contributed by atoms with Crippen LogP contribution in [0.15, 0.2) is 29.9 Å². The second-order valence-corrected chi connectivity index (χ2v) is 10.2. The van der Waals surface area contributed by atoms with E-state index in [2.05, 4.69) is 10.3 Å². The van der Waals surface area contributed by atoms with Gasteiger partial charge in [0.05, 0.1) is 10.6 Å². The van der Waals surface area contributed by atoms with Crippen LogP contribution in [0.1, 0.15) is 89.6 Å². The molecule has 164 valence electrons. The smallest absolute Gasteiger partial charge is 0.271 e. The fourth-order valence-corrected chi connectivity index (χ4v) is 6.27. The summed E-state index contributed by atoms with van der Waals surface area (Å²) < 4.78 is 0. The second kappa shape index (κ2) is 8.69. The van der Waals surface area contributed by atoms with Crippen LogP contribution < -0.4 is 5.32 Å². The van der Waals surface area contributed by atoms with E-state index in [0.29, 0.717) is 36.2 Å². The SMILES string of the molecule is O=C(NC1(C2CCCCC2)CC1)c1csc(C2CCN(C(=O)c3cccnc3)CC2)n1. The molecule has 1 N–H and O–H groups in total. The Morgan fingerprint density at radius 1 is 1.10 bits per heavy atom. The summed E-state index contributed by atoms with van der Waals surface area (Å²) in [5.74, 6) is 1.00. The number of piperidine rings is 1. The minimum atomic E-state index is -0.00485. The molecule has 3 heterocycles. The number of pyridine rings is 1. The summed E-state index contributed by atoms with van der Waals surface area (Å²) in [6, 6.07) is 3.61. The number of likely N-dealkylation sites (tertiary alicyclic amines) is 1. The molecule has 3 fully saturated rings. The quantitative estimate of drug-likeness (QED) is 0.751. The summed E-state index contributed by atoms with van der Waals surface area (Å²) in [5, 5.41) is 6.30. The highest BCUT2D eigenvalue weighted by Gasteiger charge is 2.50. The minimum Gasteiger partial charge on any atom is -0.345 e. The van der Waals surface area contributed by atoms with Gasteiger partial charge in [-0.05, 0) is 56.6 Å². The summed E-state index contributed by atoms with van der Waals surface area (Å²) in [6.45, 7) is 1.43. The van der Waals surface area contributed by atoms with Crippen molar-refractivity contribution < 1.29 is 9.59 Å². The van der Waals surface area contributed by atoms with E-state index < -0.39 is 0 Å². The normalized spacial score (nSPS) is 21.6. The molecule has 0 bridgehead atoms. The van der Waals surface area contributed by atoms with Gasteiger partial charge in [-0.25, -0.2) is 4.98 Å². The van der Waals surface area contributed by atoms with Gasteiger partial charge >= 0.3 is 0 Å². The molecule has 0 aromatic carbocycles. The highest BCUT2D eigenvalue weighted by atomic mass is 32.1. The van der Waals surface area contributed by atoms with Gasteiger partial charge in [0, 0.05) is 42.3 Å². The molecule has 0 unspecified atom stereocenters. The molecular weight excluding hydrogens is 408 g/mol. The first kappa shape index (κ1) is 20.6. The fraction of sp³-hybridized carbons (Fsp3) is 0.583. The van der Waals surface area contributed by atoms with Crippen molar-refractivity contribution in [2.24, 2.45) is 5.92 Å². The number of thiazole rings is 1. The largest absolute Gasteiger partial charge is 0.345 e. The first-order valence-electron chi connectivity index (χ1n) is 11.6. The Bertz CT molecular complexity index is 926. The molecule has 0 atom stereocenters. The monoisotopic (exact) mass is 438 g/mol. The van der Waals surface area contributed by atoms with E-state index in [-0.39, 0.29) is 17.4 Å². The summed E-state index contributed by atoms with van der Waals surface area (Å²) in [7, 11) is 0. The van der Waals surface area contributed by atoms with Gasteiger partial charge in [-0.1, -0.05) is 19.3 Å². The third kappa shape index (κ3) is 4.38. The van der Waals surface area contributed by atoms with E-state index >= 15 is 0 Å². The number of nitrogens with zero attached hydrogens (tertiary/aromatic N) is 3. The fourth-order valence-electron chi connectivity index (χ4n) is 5.30. The van der Waals surface area contributed by atoms with E-state index in [0.717, 1.165) is 30.7 Å². The van der Waals surface area contributed by atoms with Crippen molar-refractivity contribution in [3.05, 3.63) is 46.2 Å². The molecule has 1 aliphatic heterocycles. The number of aromatic nitrogens is 2. The molecule has 0 radical (unpaired) electrons. The highest BCUT2D eigenvalue weighted by molar-refractivity contribution is 7.09. The number of carbonyl (C=O) groups excluding carboxylic acids is 2. The molecule has 2 amide bonds. The van der Waals surface area contributed by atoms with Crippen molar-refractivity contribution >= 4 is 23.2 Å². The van der Waals surface area contributed by atoms with Crippen LogP contribution in [-0.4, -0.2) is 45.3 Å². The minimum absolute atomic E-state index is 0.00485. The highest BCUT2D eigenvalue weighted by Crippen LogP contribution is 2.48. The summed E-state index contributed by atoms with van der Waals surface area (Å²) in [4.78, 5) is 36.2. The molecule has 31 heavy (non-hydrogen) atoms. The van der Waals surface area contributed by atoms with E-state index in [1.807, 2.05) is 16.3 Å². The molecular formula is C24H30N4O2S. The topological polar surface area (TPSA) is 75.2 Å². The standard InChI is InChI=1S/C24H30N4O2S/c29-21(27-24(10-11-24)19-6-2-1-3-7-19)20-16-31-22(26-20)17-8-13-28(14-9-17)23(30)18-5-4-12-25-15-18/h4-5,12,15-17,19H,1-3,6-11,13-14H2,(H,27,29). The summed E-state index contributed by atoms with van der Waals surface area (Å²) in [6.07, 6.45) is 13.7. The van der Waals surface area contributed by atoms with Gasteiger partial charge in [0.25, 0.3) is 11.8 Å². The Hall–Kier alpha value is -2.28. The zero-order valence-corrected chi connectivity index (χ0v) is 18.7. The number of amides is 2.